The largest absolute Gasteiger partial charge is 0.462 e. The predicted octanol–water partition coefficient (Wildman–Crippen LogP) is 22.5. The molecule has 0 bridgehead atoms. The second kappa shape index (κ2) is 64.4. The van der Waals surface area contributed by atoms with Gasteiger partial charge in [-0.2, -0.15) is 0 Å². The van der Waals surface area contributed by atoms with Gasteiger partial charge in [0.2, 0.25) is 0 Å². The van der Waals surface area contributed by atoms with Gasteiger partial charge in [-0.25, -0.2) is 0 Å². The smallest absolute Gasteiger partial charge is 0.306 e. The van der Waals surface area contributed by atoms with Crippen LogP contribution in [-0.2, 0) is 28.6 Å². The predicted molar refractivity (Wildman–Crippen MR) is 330 cm³/mol. The van der Waals surface area contributed by atoms with Crippen LogP contribution in [0.15, 0.2) is 72.9 Å². The Morgan fingerprint density at radius 2 is 0.513 bits per heavy atom. The van der Waals surface area contributed by atoms with Crippen LogP contribution in [0.1, 0.15) is 335 Å². The number of esters is 3. The Hall–Kier alpha value is -3.15. The molecule has 440 valence electrons. The highest BCUT2D eigenvalue weighted by Crippen LogP contribution is 2.16. The summed E-state index contributed by atoms with van der Waals surface area (Å²) in [5.74, 6) is -0.886. The molecule has 0 spiro atoms. The van der Waals surface area contributed by atoms with E-state index in [0.717, 1.165) is 96.3 Å². The van der Waals surface area contributed by atoms with E-state index in [1.54, 1.807) is 0 Å². The summed E-state index contributed by atoms with van der Waals surface area (Å²) < 4.78 is 17.0. The fourth-order valence-electron chi connectivity index (χ4n) is 9.48. The minimum atomic E-state index is -0.787. The van der Waals surface area contributed by atoms with E-state index in [2.05, 4.69) is 93.7 Å². The highest BCUT2D eigenvalue weighted by molar-refractivity contribution is 5.71. The van der Waals surface area contributed by atoms with Gasteiger partial charge >= 0.3 is 17.9 Å². The number of hydrogen-bond donors (Lipinski definition) is 0. The number of ether oxygens (including phenoxy) is 3. The molecule has 0 fully saturated rings. The average molecular weight is 1060 g/mol. The molecule has 6 nitrogen and oxygen atoms in total. The molecule has 1 unspecified atom stereocenters. The van der Waals surface area contributed by atoms with Crippen molar-refractivity contribution < 1.29 is 28.6 Å². The van der Waals surface area contributed by atoms with E-state index < -0.39 is 6.10 Å². The van der Waals surface area contributed by atoms with Gasteiger partial charge in [-0.3, -0.25) is 14.4 Å². The molecular formula is C70H124O6. The SMILES string of the molecule is CC/C=C\C/C=C\C/C=C\C/C=C\CCCCCCCCC(=O)OC(COC(=O)CCCCCCCCC/C=C\CCCCCCCCC)COC(=O)CCCCCCCCCCC/C=C\CCCCCCCCCC. The third kappa shape index (κ3) is 61.7. The van der Waals surface area contributed by atoms with E-state index in [9.17, 15) is 14.4 Å². The van der Waals surface area contributed by atoms with E-state index in [1.165, 1.54) is 199 Å². The Morgan fingerprint density at radius 3 is 0.816 bits per heavy atom. The molecule has 0 aromatic heterocycles. The van der Waals surface area contributed by atoms with E-state index >= 15 is 0 Å². The molecule has 1 atom stereocenters. The van der Waals surface area contributed by atoms with Gasteiger partial charge in [0, 0.05) is 19.3 Å². The van der Waals surface area contributed by atoms with Crippen molar-refractivity contribution in [1.29, 1.82) is 0 Å². The van der Waals surface area contributed by atoms with Gasteiger partial charge in [-0.1, -0.05) is 280 Å². The summed E-state index contributed by atoms with van der Waals surface area (Å²) in [5.41, 5.74) is 0. The van der Waals surface area contributed by atoms with Crippen molar-refractivity contribution >= 4 is 17.9 Å². The van der Waals surface area contributed by atoms with Crippen LogP contribution in [-0.4, -0.2) is 37.2 Å². The lowest BCUT2D eigenvalue weighted by molar-refractivity contribution is -0.167. The molecule has 0 amide bonds. The second-order valence-electron chi connectivity index (χ2n) is 22.0. The zero-order chi connectivity index (χ0) is 55.0. The first-order valence-corrected chi connectivity index (χ1v) is 32.9. The van der Waals surface area contributed by atoms with Gasteiger partial charge in [0.05, 0.1) is 0 Å². The van der Waals surface area contributed by atoms with Crippen molar-refractivity contribution in [2.24, 2.45) is 0 Å². The molecule has 76 heavy (non-hydrogen) atoms. The van der Waals surface area contributed by atoms with Crippen LogP contribution >= 0.6 is 0 Å². The molecule has 0 aliphatic carbocycles. The van der Waals surface area contributed by atoms with Crippen molar-refractivity contribution in [3.63, 3.8) is 0 Å². The van der Waals surface area contributed by atoms with Crippen molar-refractivity contribution in [3.8, 4) is 0 Å². The number of carbonyl (C=O) groups excluding carboxylic acids is 3. The minimum Gasteiger partial charge on any atom is -0.462 e. The summed E-state index contributed by atoms with van der Waals surface area (Å²) in [5, 5.41) is 0. The Bertz CT molecular complexity index is 1400. The second-order valence-corrected chi connectivity index (χ2v) is 22.0. The summed E-state index contributed by atoms with van der Waals surface area (Å²) in [6, 6.07) is 0. The normalized spacial score (nSPS) is 12.5. The van der Waals surface area contributed by atoms with Crippen LogP contribution in [0.2, 0.25) is 0 Å². The summed E-state index contributed by atoms with van der Waals surface area (Å²) >= 11 is 0. The zero-order valence-electron chi connectivity index (χ0n) is 50.5. The maximum absolute atomic E-state index is 12.9. The summed E-state index contributed by atoms with van der Waals surface area (Å²) in [7, 11) is 0. The number of allylic oxidation sites excluding steroid dienone is 12. The molecule has 0 saturated carbocycles. The topological polar surface area (TPSA) is 78.9 Å². The van der Waals surface area contributed by atoms with Crippen molar-refractivity contribution in [1.82, 2.24) is 0 Å². The quantitative estimate of drug-likeness (QED) is 0.0261. The standard InChI is InChI=1S/C70H124O6/c1-4-7-10-13-16-19-22-25-28-31-34-35-37-39-42-45-48-51-54-57-60-63-69(72)75-66-67(65-74-68(71)62-59-56-53-50-47-44-41-38-33-30-27-24-21-18-15-12-9-6-3)76-70(73)64-61-58-55-52-49-46-43-40-36-32-29-26-23-20-17-14-11-8-5-2/h8,11,17,20,26,29-31,33-34,36,40,67H,4-7,9-10,12-16,18-19,21-25,27-28,32,35,37-39,41-66H2,1-3H3/b11-8-,20-17-,29-26-,33-30-,34-31-,40-36-. The average Bonchev–Trinajstić information content (AvgIpc) is 3.42. The molecule has 0 radical (unpaired) electrons. The van der Waals surface area contributed by atoms with E-state index in [4.69, 9.17) is 14.2 Å². The van der Waals surface area contributed by atoms with Gasteiger partial charge in [-0.15, -0.1) is 0 Å². The lowest BCUT2D eigenvalue weighted by Crippen LogP contribution is -2.30. The Labute approximate surface area is 472 Å². The molecule has 0 aliphatic heterocycles. The van der Waals surface area contributed by atoms with Crippen LogP contribution in [0.5, 0.6) is 0 Å². The number of rotatable bonds is 60. The molecule has 0 saturated heterocycles. The lowest BCUT2D eigenvalue weighted by Gasteiger charge is -2.18. The van der Waals surface area contributed by atoms with Gasteiger partial charge in [-0.05, 0) is 109 Å². The number of carbonyl (C=O) groups is 3. The fraction of sp³-hybridized carbons (Fsp3) is 0.786. The fourth-order valence-corrected chi connectivity index (χ4v) is 9.48. The summed E-state index contributed by atoms with van der Waals surface area (Å²) in [4.78, 5) is 38.4. The first kappa shape index (κ1) is 72.8. The molecule has 0 rings (SSSR count). The lowest BCUT2D eigenvalue weighted by atomic mass is 10.1. The van der Waals surface area contributed by atoms with Gasteiger partial charge in [0.25, 0.3) is 0 Å². The zero-order valence-corrected chi connectivity index (χ0v) is 50.5. The highest BCUT2D eigenvalue weighted by Gasteiger charge is 2.19. The third-order valence-electron chi connectivity index (χ3n) is 14.4. The van der Waals surface area contributed by atoms with Gasteiger partial charge < -0.3 is 14.2 Å². The first-order valence-electron chi connectivity index (χ1n) is 32.9. The van der Waals surface area contributed by atoms with E-state index in [-0.39, 0.29) is 31.1 Å². The molecule has 0 aliphatic rings. The van der Waals surface area contributed by atoms with Gasteiger partial charge in [0.15, 0.2) is 6.10 Å². The van der Waals surface area contributed by atoms with E-state index in [0.29, 0.717) is 19.3 Å². The molecular weight excluding hydrogens is 937 g/mol. The molecule has 0 N–H and O–H groups in total. The van der Waals surface area contributed by atoms with Crippen LogP contribution < -0.4 is 0 Å². The first-order chi connectivity index (χ1) is 37.5. The Balaban J connectivity index is 4.39. The maximum atomic E-state index is 12.9. The summed E-state index contributed by atoms with van der Waals surface area (Å²) in [6.45, 7) is 6.55. The van der Waals surface area contributed by atoms with Gasteiger partial charge in [0.1, 0.15) is 13.2 Å². The molecule has 0 aromatic carbocycles. The van der Waals surface area contributed by atoms with Crippen LogP contribution in [0.25, 0.3) is 0 Å². The van der Waals surface area contributed by atoms with Crippen LogP contribution in [0.4, 0.5) is 0 Å². The van der Waals surface area contributed by atoms with Crippen molar-refractivity contribution in [3.05, 3.63) is 72.9 Å². The molecule has 0 aromatic rings. The van der Waals surface area contributed by atoms with Crippen molar-refractivity contribution in [2.75, 3.05) is 13.2 Å². The number of hydrogen-bond acceptors (Lipinski definition) is 6. The van der Waals surface area contributed by atoms with Crippen molar-refractivity contribution in [2.45, 2.75) is 341 Å². The van der Waals surface area contributed by atoms with Crippen LogP contribution in [0, 0.1) is 0 Å². The highest BCUT2D eigenvalue weighted by atomic mass is 16.6. The Morgan fingerprint density at radius 1 is 0.276 bits per heavy atom. The molecule has 6 heteroatoms. The minimum absolute atomic E-state index is 0.0822. The summed E-state index contributed by atoms with van der Waals surface area (Å²) in [6.07, 6.45) is 83.3. The Kier molecular flexibility index (Phi) is 61.7. The third-order valence-corrected chi connectivity index (χ3v) is 14.4. The maximum Gasteiger partial charge on any atom is 0.306 e. The monoisotopic (exact) mass is 1060 g/mol. The van der Waals surface area contributed by atoms with Crippen LogP contribution in [0.3, 0.4) is 0 Å². The number of unbranched alkanes of at least 4 members (excludes halogenated alkanes) is 37. The van der Waals surface area contributed by atoms with E-state index in [1.807, 2.05) is 0 Å². The molecule has 0 heterocycles.